The fourth-order valence-electron chi connectivity index (χ4n) is 3.55. The normalized spacial score (nSPS) is 14.9. The van der Waals surface area contributed by atoms with Gasteiger partial charge in [0, 0.05) is 13.1 Å². The molecule has 7 nitrogen and oxygen atoms in total. The minimum Gasteiger partial charge on any atom is -0.350 e. The number of thioether (sulfide) groups is 1. The average Bonchev–Trinajstić information content (AvgIpc) is 3.24. The van der Waals surface area contributed by atoms with Gasteiger partial charge in [-0.15, -0.1) is 0 Å². The number of carbonyl (C=O) groups is 3. The lowest BCUT2D eigenvalue weighted by atomic mass is 10.2. The maximum Gasteiger partial charge on any atom is 0.293 e. The molecule has 162 valence electrons. The van der Waals surface area contributed by atoms with Crippen molar-refractivity contribution in [3.63, 3.8) is 0 Å². The molecular weight excluding hydrogens is 424 g/mol. The second-order valence-corrected chi connectivity index (χ2v) is 8.29. The summed E-state index contributed by atoms with van der Waals surface area (Å²) in [4.78, 5) is 39.3. The van der Waals surface area contributed by atoms with E-state index in [0.29, 0.717) is 16.2 Å². The average molecular weight is 447 g/mol. The third-order valence-corrected chi connectivity index (χ3v) is 6.02. The van der Waals surface area contributed by atoms with Gasteiger partial charge in [-0.05, 0) is 49.4 Å². The van der Waals surface area contributed by atoms with Gasteiger partial charge in [0.05, 0.1) is 27.5 Å². The molecule has 3 amide bonds. The van der Waals surface area contributed by atoms with Gasteiger partial charge in [0.1, 0.15) is 0 Å². The van der Waals surface area contributed by atoms with E-state index in [2.05, 4.69) is 10.4 Å². The van der Waals surface area contributed by atoms with Gasteiger partial charge in [-0.25, -0.2) is 4.68 Å². The Balaban J connectivity index is 1.40. The first kappa shape index (κ1) is 21.6. The second-order valence-electron chi connectivity index (χ2n) is 7.29. The molecule has 0 saturated carbocycles. The van der Waals surface area contributed by atoms with Crippen LogP contribution in [0.25, 0.3) is 11.8 Å². The predicted octanol–water partition coefficient (Wildman–Crippen LogP) is 3.96. The summed E-state index contributed by atoms with van der Waals surface area (Å²) in [6, 6.07) is 18.9. The molecular formula is C24H22N4O3S. The number of hydrogen-bond acceptors (Lipinski definition) is 5. The number of nitrogens with zero attached hydrogens (tertiary/aromatic N) is 3. The Labute approximate surface area is 190 Å². The number of rotatable bonds is 6. The van der Waals surface area contributed by atoms with Crippen molar-refractivity contribution in [2.75, 3.05) is 13.1 Å². The minimum atomic E-state index is -0.345. The zero-order chi connectivity index (χ0) is 22.7. The number of nitrogens with one attached hydrogen (secondary N) is 1. The molecule has 0 atom stereocenters. The molecule has 32 heavy (non-hydrogen) atoms. The summed E-state index contributed by atoms with van der Waals surface area (Å²) in [6.07, 6.45) is 1.70. The van der Waals surface area contributed by atoms with Crippen LogP contribution in [0.2, 0.25) is 0 Å². The fraction of sp³-hybridized carbons (Fsp3) is 0.167. The van der Waals surface area contributed by atoms with E-state index >= 15 is 0 Å². The first-order valence-corrected chi connectivity index (χ1v) is 11.0. The number of imide groups is 1. The second kappa shape index (κ2) is 9.23. The molecule has 1 N–H and O–H groups in total. The van der Waals surface area contributed by atoms with Crippen LogP contribution in [-0.4, -0.2) is 44.8 Å². The van der Waals surface area contributed by atoms with Crippen molar-refractivity contribution in [1.82, 2.24) is 20.0 Å². The highest BCUT2D eigenvalue weighted by atomic mass is 32.2. The van der Waals surface area contributed by atoms with Crippen LogP contribution in [0, 0.1) is 13.8 Å². The predicted molar refractivity (Wildman–Crippen MR) is 124 cm³/mol. The Hall–Kier alpha value is -3.65. The minimum absolute atomic E-state index is 0.105. The SMILES string of the molecule is Cc1nn(-c2ccccc2)c(C)c1C(=O)NCCN1C(=O)S/C(=C/c2ccccc2)C1=O. The van der Waals surface area contributed by atoms with Crippen LogP contribution in [0.5, 0.6) is 0 Å². The van der Waals surface area contributed by atoms with Gasteiger partial charge >= 0.3 is 0 Å². The molecule has 1 saturated heterocycles. The van der Waals surface area contributed by atoms with Crippen molar-refractivity contribution in [2.45, 2.75) is 13.8 Å². The largest absolute Gasteiger partial charge is 0.350 e. The van der Waals surface area contributed by atoms with E-state index in [-0.39, 0.29) is 30.1 Å². The van der Waals surface area contributed by atoms with Crippen molar-refractivity contribution in [1.29, 1.82) is 0 Å². The van der Waals surface area contributed by atoms with Crippen LogP contribution in [0.4, 0.5) is 4.79 Å². The lowest BCUT2D eigenvalue weighted by Gasteiger charge is -2.13. The highest BCUT2D eigenvalue weighted by Crippen LogP contribution is 2.31. The summed E-state index contributed by atoms with van der Waals surface area (Å²) in [5.74, 6) is -0.628. The smallest absolute Gasteiger partial charge is 0.293 e. The summed E-state index contributed by atoms with van der Waals surface area (Å²) in [7, 11) is 0. The highest BCUT2D eigenvalue weighted by molar-refractivity contribution is 8.18. The number of amides is 3. The van der Waals surface area contributed by atoms with E-state index in [9.17, 15) is 14.4 Å². The van der Waals surface area contributed by atoms with Crippen molar-refractivity contribution >= 4 is 34.9 Å². The van der Waals surface area contributed by atoms with Crippen molar-refractivity contribution in [3.8, 4) is 5.69 Å². The Morgan fingerprint density at radius 1 is 1.03 bits per heavy atom. The molecule has 0 spiro atoms. The summed E-state index contributed by atoms with van der Waals surface area (Å²) < 4.78 is 1.73. The molecule has 1 aliphatic rings. The number of carbonyl (C=O) groups excluding carboxylic acids is 3. The van der Waals surface area contributed by atoms with E-state index in [0.717, 1.165) is 33.6 Å². The molecule has 3 aromatic rings. The highest BCUT2D eigenvalue weighted by Gasteiger charge is 2.34. The monoisotopic (exact) mass is 446 g/mol. The van der Waals surface area contributed by atoms with E-state index in [1.807, 2.05) is 67.6 Å². The summed E-state index contributed by atoms with van der Waals surface area (Å²) in [5.41, 5.74) is 3.55. The van der Waals surface area contributed by atoms with Gasteiger partial charge < -0.3 is 5.32 Å². The standard InChI is InChI=1S/C24H22N4O3S/c1-16-21(17(2)28(26-16)19-11-7-4-8-12-19)22(29)25-13-14-27-23(30)20(32-24(27)31)15-18-9-5-3-6-10-18/h3-12,15H,13-14H2,1-2H3,(H,25,29)/b20-15+. The van der Waals surface area contributed by atoms with Gasteiger partial charge in [-0.3, -0.25) is 19.3 Å². The number of aromatic nitrogens is 2. The van der Waals surface area contributed by atoms with E-state index in [1.165, 1.54) is 0 Å². The van der Waals surface area contributed by atoms with Crippen LogP contribution < -0.4 is 5.32 Å². The van der Waals surface area contributed by atoms with Gasteiger partial charge in [0.15, 0.2) is 0 Å². The van der Waals surface area contributed by atoms with Crippen molar-refractivity contribution < 1.29 is 14.4 Å². The molecule has 1 aliphatic heterocycles. The Bertz CT molecular complexity index is 1200. The topological polar surface area (TPSA) is 84.3 Å². The Morgan fingerprint density at radius 2 is 1.69 bits per heavy atom. The van der Waals surface area contributed by atoms with Crippen LogP contribution in [0.3, 0.4) is 0 Å². The molecule has 0 unspecified atom stereocenters. The maximum atomic E-state index is 12.8. The molecule has 0 radical (unpaired) electrons. The lowest BCUT2D eigenvalue weighted by molar-refractivity contribution is -0.122. The molecule has 0 bridgehead atoms. The first-order chi connectivity index (χ1) is 15.5. The molecule has 1 aromatic heterocycles. The van der Waals surface area contributed by atoms with Gasteiger partial charge in [-0.2, -0.15) is 5.10 Å². The fourth-order valence-corrected chi connectivity index (χ4v) is 4.42. The molecule has 1 fully saturated rings. The lowest BCUT2D eigenvalue weighted by Crippen LogP contribution is -2.37. The number of benzene rings is 2. The summed E-state index contributed by atoms with van der Waals surface area (Å²) in [6.45, 7) is 3.89. The van der Waals surface area contributed by atoms with Crippen LogP contribution >= 0.6 is 11.8 Å². The third kappa shape index (κ3) is 4.36. The van der Waals surface area contributed by atoms with Gasteiger partial charge in [0.25, 0.3) is 17.1 Å². The zero-order valence-electron chi connectivity index (χ0n) is 17.7. The van der Waals surface area contributed by atoms with Crippen molar-refractivity contribution in [2.24, 2.45) is 0 Å². The number of para-hydroxylation sites is 1. The molecule has 0 aliphatic carbocycles. The molecule has 2 heterocycles. The van der Waals surface area contributed by atoms with Gasteiger partial charge in [0.2, 0.25) is 0 Å². The first-order valence-electron chi connectivity index (χ1n) is 10.2. The quantitative estimate of drug-likeness (QED) is 0.580. The molecule has 8 heteroatoms. The number of hydrogen-bond donors (Lipinski definition) is 1. The van der Waals surface area contributed by atoms with Gasteiger partial charge in [-0.1, -0.05) is 48.5 Å². The van der Waals surface area contributed by atoms with E-state index in [1.54, 1.807) is 17.7 Å². The summed E-state index contributed by atoms with van der Waals surface area (Å²) in [5, 5.41) is 6.96. The zero-order valence-corrected chi connectivity index (χ0v) is 18.6. The van der Waals surface area contributed by atoms with Crippen LogP contribution in [0.15, 0.2) is 65.6 Å². The maximum absolute atomic E-state index is 12.8. The molecule has 2 aromatic carbocycles. The Kier molecular flexibility index (Phi) is 6.23. The molecule has 4 rings (SSSR count). The van der Waals surface area contributed by atoms with E-state index in [4.69, 9.17) is 0 Å². The third-order valence-electron chi connectivity index (χ3n) is 5.11. The van der Waals surface area contributed by atoms with E-state index < -0.39 is 0 Å². The Morgan fingerprint density at radius 3 is 2.38 bits per heavy atom. The van der Waals surface area contributed by atoms with Crippen molar-refractivity contribution in [3.05, 3.63) is 88.1 Å². The number of aryl methyl sites for hydroxylation is 1. The summed E-state index contributed by atoms with van der Waals surface area (Å²) >= 11 is 0.910. The van der Waals surface area contributed by atoms with Crippen LogP contribution in [-0.2, 0) is 4.79 Å². The van der Waals surface area contributed by atoms with Crippen LogP contribution in [0.1, 0.15) is 27.3 Å².